The fourth-order valence-corrected chi connectivity index (χ4v) is 2.05. The highest BCUT2D eigenvalue weighted by atomic mass is 16.6. The molecule has 2 rings (SSSR count). The Labute approximate surface area is 143 Å². The minimum atomic E-state index is -0.673. The number of aryl methyl sites for hydroxylation is 1. The number of furan rings is 1. The van der Waals surface area contributed by atoms with Gasteiger partial charge in [-0.15, -0.1) is 0 Å². The topological polar surface area (TPSA) is 118 Å². The lowest BCUT2D eigenvalue weighted by atomic mass is 10.2. The van der Waals surface area contributed by atoms with Crippen LogP contribution in [-0.4, -0.2) is 31.6 Å². The number of hydrogen-bond acceptors (Lipinski definition) is 7. The third-order valence-corrected chi connectivity index (χ3v) is 3.25. The van der Waals surface area contributed by atoms with E-state index in [1.807, 2.05) is 0 Å². The molecule has 0 atom stereocenters. The number of hydrogen-bond donors (Lipinski definition) is 1. The first-order valence-corrected chi connectivity index (χ1v) is 7.27. The lowest BCUT2D eigenvalue weighted by molar-refractivity contribution is -0.147. The Morgan fingerprint density at radius 3 is 2.56 bits per heavy atom. The summed E-state index contributed by atoms with van der Waals surface area (Å²) >= 11 is 0. The van der Waals surface area contributed by atoms with E-state index in [1.54, 1.807) is 19.1 Å². The zero-order valence-corrected chi connectivity index (χ0v) is 13.7. The number of carbonyl (C=O) groups is 3. The number of amides is 1. The molecule has 8 nitrogen and oxygen atoms in total. The average molecular weight is 347 g/mol. The van der Waals surface area contributed by atoms with Crippen LogP contribution < -0.4 is 10.5 Å². The van der Waals surface area contributed by atoms with Gasteiger partial charge in [-0.25, -0.2) is 9.59 Å². The van der Waals surface area contributed by atoms with E-state index in [9.17, 15) is 14.4 Å². The molecule has 1 heterocycles. The van der Waals surface area contributed by atoms with Crippen LogP contribution in [0.15, 0.2) is 34.7 Å². The van der Waals surface area contributed by atoms with Gasteiger partial charge in [-0.2, -0.15) is 0 Å². The second-order valence-corrected chi connectivity index (χ2v) is 4.98. The van der Waals surface area contributed by atoms with Crippen LogP contribution in [0.2, 0.25) is 0 Å². The predicted molar refractivity (Wildman–Crippen MR) is 85.0 cm³/mol. The number of esters is 2. The van der Waals surface area contributed by atoms with Gasteiger partial charge in [0.05, 0.1) is 12.7 Å². The van der Waals surface area contributed by atoms with E-state index >= 15 is 0 Å². The molecule has 0 radical (unpaired) electrons. The normalized spacial score (nSPS) is 10.2. The second kappa shape index (κ2) is 8.00. The summed E-state index contributed by atoms with van der Waals surface area (Å²) in [7, 11) is 1.26. The third-order valence-electron chi connectivity index (χ3n) is 3.25. The molecule has 2 aromatic rings. The van der Waals surface area contributed by atoms with Gasteiger partial charge in [-0.05, 0) is 25.1 Å². The Balaban J connectivity index is 1.90. The fraction of sp³-hybridized carbons (Fsp3) is 0.235. The van der Waals surface area contributed by atoms with Crippen LogP contribution in [0.1, 0.15) is 32.2 Å². The van der Waals surface area contributed by atoms with Gasteiger partial charge < -0.3 is 24.4 Å². The van der Waals surface area contributed by atoms with Crippen molar-refractivity contribution in [1.29, 1.82) is 0 Å². The van der Waals surface area contributed by atoms with Crippen LogP contribution in [0.3, 0.4) is 0 Å². The highest BCUT2D eigenvalue weighted by Gasteiger charge is 2.17. The number of nitrogens with two attached hydrogens (primary N) is 1. The maximum Gasteiger partial charge on any atom is 0.344 e. The summed E-state index contributed by atoms with van der Waals surface area (Å²) in [5.41, 5.74) is 5.65. The Morgan fingerprint density at radius 1 is 1.16 bits per heavy atom. The van der Waals surface area contributed by atoms with Crippen molar-refractivity contribution in [1.82, 2.24) is 0 Å². The van der Waals surface area contributed by atoms with Crippen molar-refractivity contribution in [3.63, 3.8) is 0 Å². The van der Waals surface area contributed by atoms with Gasteiger partial charge in [-0.1, -0.05) is 12.1 Å². The summed E-state index contributed by atoms with van der Waals surface area (Å²) in [6.45, 7) is 1.02. The Hall–Kier alpha value is -3.29. The second-order valence-electron chi connectivity index (χ2n) is 4.98. The molecule has 0 bridgehead atoms. The van der Waals surface area contributed by atoms with E-state index in [1.165, 1.54) is 25.3 Å². The van der Waals surface area contributed by atoms with Crippen LogP contribution in [0, 0.1) is 6.92 Å². The van der Waals surface area contributed by atoms with Crippen molar-refractivity contribution in [2.45, 2.75) is 13.5 Å². The summed E-state index contributed by atoms with van der Waals surface area (Å²) in [4.78, 5) is 34.5. The van der Waals surface area contributed by atoms with Gasteiger partial charge >= 0.3 is 11.9 Å². The van der Waals surface area contributed by atoms with Crippen LogP contribution >= 0.6 is 0 Å². The molecule has 0 aliphatic carbocycles. The highest BCUT2D eigenvalue weighted by molar-refractivity contribution is 5.95. The first-order valence-electron chi connectivity index (χ1n) is 7.27. The number of benzene rings is 1. The molecule has 1 amide bonds. The first-order chi connectivity index (χ1) is 11.9. The molecule has 25 heavy (non-hydrogen) atoms. The zero-order chi connectivity index (χ0) is 18.4. The molecule has 1 aromatic carbocycles. The van der Waals surface area contributed by atoms with E-state index in [-0.39, 0.29) is 23.5 Å². The molecule has 2 N–H and O–H groups in total. The number of carbonyl (C=O) groups excluding carboxylic acids is 3. The maximum atomic E-state index is 11.8. The van der Waals surface area contributed by atoms with Crippen molar-refractivity contribution in [3.8, 4) is 5.75 Å². The summed E-state index contributed by atoms with van der Waals surface area (Å²) in [5, 5.41) is 0. The van der Waals surface area contributed by atoms with Crippen LogP contribution in [0.25, 0.3) is 0 Å². The number of primary amides is 1. The molecule has 0 aliphatic rings. The Morgan fingerprint density at radius 2 is 1.88 bits per heavy atom. The average Bonchev–Trinajstić information content (AvgIpc) is 2.98. The lowest BCUT2D eigenvalue weighted by Gasteiger charge is -2.08. The Kier molecular flexibility index (Phi) is 5.78. The third kappa shape index (κ3) is 4.60. The highest BCUT2D eigenvalue weighted by Crippen LogP contribution is 2.18. The molecule has 132 valence electrons. The van der Waals surface area contributed by atoms with Gasteiger partial charge in [0.25, 0.3) is 5.91 Å². The minimum absolute atomic E-state index is 0.166. The van der Waals surface area contributed by atoms with E-state index < -0.39 is 24.5 Å². The number of para-hydroxylation sites is 1. The molecule has 0 spiro atoms. The molecule has 0 aliphatic heterocycles. The lowest BCUT2D eigenvalue weighted by Crippen LogP contribution is -2.18. The number of methoxy groups -OCH3 is 1. The number of rotatable bonds is 7. The fourth-order valence-electron chi connectivity index (χ4n) is 2.05. The summed E-state index contributed by atoms with van der Waals surface area (Å²) < 4.78 is 20.2. The van der Waals surface area contributed by atoms with Gasteiger partial charge in [-0.3, -0.25) is 4.79 Å². The summed E-state index contributed by atoms with van der Waals surface area (Å²) in [5.74, 6) is -1.02. The minimum Gasteiger partial charge on any atom is -0.481 e. The quantitative estimate of drug-likeness (QED) is 0.756. The van der Waals surface area contributed by atoms with Crippen molar-refractivity contribution in [2.24, 2.45) is 5.73 Å². The SMILES string of the molecule is COC(=O)c1cc(COC(=O)COc2ccccc2C(N)=O)oc1C. The van der Waals surface area contributed by atoms with Gasteiger partial charge in [0.15, 0.2) is 6.61 Å². The largest absolute Gasteiger partial charge is 0.481 e. The van der Waals surface area contributed by atoms with Crippen molar-refractivity contribution in [2.75, 3.05) is 13.7 Å². The predicted octanol–water partition coefficient (Wildman–Crippen LogP) is 1.60. The molecule has 0 saturated carbocycles. The molecule has 0 saturated heterocycles. The van der Waals surface area contributed by atoms with Crippen LogP contribution in [-0.2, 0) is 20.9 Å². The van der Waals surface area contributed by atoms with Gasteiger partial charge in [0.1, 0.15) is 29.4 Å². The van der Waals surface area contributed by atoms with Crippen molar-refractivity contribution in [3.05, 3.63) is 53.0 Å². The summed E-state index contributed by atoms with van der Waals surface area (Å²) in [6.07, 6.45) is 0. The first kappa shape index (κ1) is 18.1. The molecule has 0 fully saturated rings. The molecule has 0 unspecified atom stereocenters. The van der Waals surface area contributed by atoms with E-state index in [0.29, 0.717) is 11.5 Å². The molecule has 1 aromatic heterocycles. The van der Waals surface area contributed by atoms with Gasteiger partial charge in [0.2, 0.25) is 0 Å². The smallest absolute Gasteiger partial charge is 0.344 e. The van der Waals surface area contributed by atoms with Crippen LogP contribution in [0.5, 0.6) is 5.75 Å². The van der Waals surface area contributed by atoms with E-state index in [2.05, 4.69) is 4.74 Å². The van der Waals surface area contributed by atoms with E-state index in [4.69, 9.17) is 19.6 Å². The summed E-state index contributed by atoms with van der Waals surface area (Å²) in [6, 6.07) is 7.73. The maximum absolute atomic E-state index is 11.8. The van der Waals surface area contributed by atoms with Crippen molar-refractivity contribution < 1.29 is 33.0 Å². The standard InChI is InChI=1S/C17H17NO7/c1-10-13(17(21)22-2)7-11(25-10)8-24-15(19)9-23-14-6-4-3-5-12(14)16(18)20/h3-7H,8-9H2,1-2H3,(H2,18,20). The monoisotopic (exact) mass is 347 g/mol. The van der Waals surface area contributed by atoms with E-state index in [0.717, 1.165) is 0 Å². The number of ether oxygens (including phenoxy) is 3. The molecule has 8 heteroatoms. The molecular formula is C17H17NO7. The van der Waals surface area contributed by atoms with Crippen molar-refractivity contribution >= 4 is 17.8 Å². The van der Waals surface area contributed by atoms with Gasteiger partial charge in [0, 0.05) is 0 Å². The van der Waals surface area contributed by atoms with Crippen LogP contribution in [0.4, 0.5) is 0 Å². The Bertz CT molecular complexity index is 794. The molecular weight excluding hydrogens is 330 g/mol. The zero-order valence-electron chi connectivity index (χ0n) is 13.7.